The molecule has 1 aliphatic rings. The van der Waals surface area contributed by atoms with Crippen molar-refractivity contribution in [3.63, 3.8) is 0 Å². The Labute approximate surface area is 122 Å². The number of ether oxygens (including phenoxy) is 1. The standard InChI is InChI=1S/C14H19N5O2/c1-20-11-7-10(16-9-17-11)12-18-13(21-19-12)14(8-15)5-3-2-4-6-14/h7,9H,2-6,8,15H2,1H3. The number of methoxy groups -OCH3 is 1. The molecule has 1 saturated carbocycles. The van der Waals surface area contributed by atoms with Gasteiger partial charge in [0, 0.05) is 12.6 Å². The first kappa shape index (κ1) is 13.9. The molecule has 0 atom stereocenters. The Morgan fingerprint density at radius 2 is 2.10 bits per heavy atom. The second kappa shape index (κ2) is 5.77. The Kier molecular flexibility index (Phi) is 3.83. The number of hydrogen-bond acceptors (Lipinski definition) is 7. The second-order valence-corrected chi connectivity index (χ2v) is 5.41. The van der Waals surface area contributed by atoms with Gasteiger partial charge in [-0.25, -0.2) is 9.97 Å². The maximum absolute atomic E-state index is 5.99. The molecular formula is C14H19N5O2. The van der Waals surface area contributed by atoms with Crippen molar-refractivity contribution in [3.8, 4) is 17.4 Å². The first-order valence-electron chi connectivity index (χ1n) is 7.18. The third-order valence-corrected chi connectivity index (χ3v) is 4.16. The zero-order valence-electron chi connectivity index (χ0n) is 12.1. The van der Waals surface area contributed by atoms with E-state index in [0.717, 1.165) is 25.7 Å². The highest BCUT2D eigenvalue weighted by atomic mass is 16.5. The van der Waals surface area contributed by atoms with Crippen molar-refractivity contribution in [2.75, 3.05) is 13.7 Å². The van der Waals surface area contributed by atoms with Crippen molar-refractivity contribution in [1.29, 1.82) is 0 Å². The fraction of sp³-hybridized carbons (Fsp3) is 0.571. The SMILES string of the molecule is COc1cc(-c2noc(C3(CN)CCCCC3)n2)ncn1. The topological polar surface area (TPSA) is 100.0 Å². The van der Waals surface area contributed by atoms with Crippen LogP contribution in [-0.4, -0.2) is 33.8 Å². The smallest absolute Gasteiger partial charge is 0.234 e. The van der Waals surface area contributed by atoms with E-state index in [2.05, 4.69) is 20.1 Å². The van der Waals surface area contributed by atoms with Gasteiger partial charge in [0.2, 0.25) is 17.6 Å². The summed E-state index contributed by atoms with van der Waals surface area (Å²) < 4.78 is 10.6. The van der Waals surface area contributed by atoms with Crippen LogP contribution in [-0.2, 0) is 5.41 Å². The van der Waals surface area contributed by atoms with Gasteiger partial charge in [0.05, 0.1) is 12.5 Å². The molecule has 1 fully saturated rings. The lowest BCUT2D eigenvalue weighted by Gasteiger charge is -2.32. The molecule has 0 spiro atoms. The summed E-state index contributed by atoms with van der Waals surface area (Å²) in [5.74, 6) is 1.54. The highest BCUT2D eigenvalue weighted by Crippen LogP contribution is 2.38. The number of nitrogens with zero attached hydrogens (tertiary/aromatic N) is 4. The average Bonchev–Trinajstić information content (AvgIpc) is 3.06. The second-order valence-electron chi connectivity index (χ2n) is 5.41. The predicted octanol–water partition coefficient (Wildman–Crippen LogP) is 1.70. The Morgan fingerprint density at radius 3 is 2.81 bits per heavy atom. The maximum Gasteiger partial charge on any atom is 0.234 e. The van der Waals surface area contributed by atoms with Crippen LogP contribution in [0, 0.1) is 0 Å². The van der Waals surface area contributed by atoms with Crippen LogP contribution < -0.4 is 10.5 Å². The molecule has 0 amide bonds. The molecule has 0 saturated heterocycles. The quantitative estimate of drug-likeness (QED) is 0.914. The summed E-state index contributed by atoms with van der Waals surface area (Å²) in [6.07, 6.45) is 6.96. The molecule has 2 aromatic rings. The van der Waals surface area contributed by atoms with E-state index < -0.39 is 0 Å². The van der Waals surface area contributed by atoms with Gasteiger partial charge in [-0.2, -0.15) is 4.98 Å². The molecule has 112 valence electrons. The van der Waals surface area contributed by atoms with Gasteiger partial charge in [0.1, 0.15) is 12.0 Å². The van der Waals surface area contributed by atoms with E-state index in [1.807, 2.05) is 0 Å². The minimum atomic E-state index is -0.180. The van der Waals surface area contributed by atoms with Gasteiger partial charge in [-0.1, -0.05) is 24.4 Å². The van der Waals surface area contributed by atoms with E-state index in [-0.39, 0.29) is 5.41 Å². The predicted molar refractivity (Wildman–Crippen MR) is 75.7 cm³/mol. The zero-order valence-corrected chi connectivity index (χ0v) is 12.1. The van der Waals surface area contributed by atoms with Crippen LogP contribution in [0.3, 0.4) is 0 Å². The lowest BCUT2D eigenvalue weighted by molar-refractivity contribution is 0.220. The Balaban J connectivity index is 1.91. The van der Waals surface area contributed by atoms with Gasteiger partial charge in [0.15, 0.2) is 0 Å². The summed E-state index contributed by atoms with van der Waals surface area (Å²) in [7, 11) is 1.55. The van der Waals surface area contributed by atoms with Crippen LogP contribution in [0.4, 0.5) is 0 Å². The zero-order chi connectivity index (χ0) is 14.7. The molecule has 21 heavy (non-hydrogen) atoms. The Bertz CT molecular complexity index is 607. The first-order valence-corrected chi connectivity index (χ1v) is 7.18. The highest BCUT2D eigenvalue weighted by molar-refractivity contribution is 5.49. The minimum Gasteiger partial charge on any atom is -0.481 e. The van der Waals surface area contributed by atoms with Gasteiger partial charge in [-0.3, -0.25) is 0 Å². The minimum absolute atomic E-state index is 0.180. The van der Waals surface area contributed by atoms with E-state index in [1.54, 1.807) is 13.2 Å². The molecule has 2 aromatic heterocycles. The van der Waals surface area contributed by atoms with Crippen molar-refractivity contribution < 1.29 is 9.26 Å². The Morgan fingerprint density at radius 1 is 1.29 bits per heavy atom. The fourth-order valence-corrected chi connectivity index (χ4v) is 2.85. The van der Waals surface area contributed by atoms with E-state index >= 15 is 0 Å². The maximum atomic E-state index is 5.99. The monoisotopic (exact) mass is 289 g/mol. The van der Waals surface area contributed by atoms with E-state index in [4.69, 9.17) is 15.0 Å². The van der Waals surface area contributed by atoms with Gasteiger partial charge < -0.3 is 15.0 Å². The molecule has 2 heterocycles. The fourth-order valence-electron chi connectivity index (χ4n) is 2.85. The summed E-state index contributed by atoms with van der Waals surface area (Å²) in [5.41, 5.74) is 6.39. The summed E-state index contributed by atoms with van der Waals surface area (Å²) >= 11 is 0. The third-order valence-electron chi connectivity index (χ3n) is 4.16. The highest BCUT2D eigenvalue weighted by Gasteiger charge is 2.38. The molecule has 0 unspecified atom stereocenters. The van der Waals surface area contributed by atoms with Crippen LogP contribution in [0.15, 0.2) is 16.9 Å². The van der Waals surface area contributed by atoms with Crippen molar-refractivity contribution in [1.82, 2.24) is 20.1 Å². The van der Waals surface area contributed by atoms with Crippen molar-refractivity contribution in [2.24, 2.45) is 5.73 Å². The molecule has 0 radical (unpaired) electrons. The molecule has 2 N–H and O–H groups in total. The van der Waals surface area contributed by atoms with Crippen LogP contribution in [0.1, 0.15) is 38.0 Å². The van der Waals surface area contributed by atoms with Crippen LogP contribution in [0.25, 0.3) is 11.5 Å². The molecule has 0 bridgehead atoms. The van der Waals surface area contributed by atoms with Crippen LogP contribution >= 0.6 is 0 Å². The largest absolute Gasteiger partial charge is 0.481 e. The van der Waals surface area contributed by atoms with Gasteiger partial charge in [-0.05, 0) is 12.8 Å². The molecule has 3 rings (SSSR count). The summed E-state index contributed by atoms with van der Waals surface area (Å²) in [6, 6.07) is 1.69. The van der Waals surface area contributed by atoms with E-state index in [9.17, 15) is 0 Å². The van der Waals surface area contributed by atoms with Gasteiger partial charge in [0.25, 0.3) is 0 Å². The van der Waals surface area contributed by atoms with Gasteiger partial charge in [-0.15, -0.1) is 0 Å². The van der Waals surface area contributed by atoms with E-state index in [0.29, 0.717) is 29.8 Å². The molecule has 7 heteroatoms. The number of hydrogen-bond donors (Lipinski definition) is 1. The third kappa shape index (κ3) is 2.61. The summed E-state index contributed by atoms with van der Waals surface area (Å²) in [6.45, 7) is 0.529. The molecule has 0 aliphatic heterocycles. The number of aromatic nitrogens is 4. The molecule has 1 aliphatic carbocycles. The molecular weight excluding hydrogens is 270 g/mol. The first-order chi connectivity index (χ1) is 10.3. The molecule has 7 nitrogen and oxygen atoms in total. The average molecular weight is 289 g/mol. The summed E-state index contributed by atoms with van der Waals surface area (Å²) in [4.78, 5) is 12.6. The van der Waals surface area contributed by atoms with Crippen LogP contribution in [0.5, 0.6) is 5.88 Å². The number of rotatable bonds is 4. The normalized spacial score (nSPS) is 17.6. The molecule has 0 aromatic carbocycles. The van der Waals surface area contributed by atoms with Crippen molar-refractivity contribution in [2.45, 2.75) is 37.5 Å². The van der Waals surface area contributed by atoms with Crippen molar-refractivity contribution >= 4 is 0 Å². The van der Waals surface area contributed by atoms with E-state index in [1.165, 1.54) is 12.7 Å². The lowest BCUT2D eigenvalue weighted by Crippen LogP contribution is -2.37. The lowest BCUT2D eigenvalue weighted by atomic mass is 9.74. The summed E-state index contributed by atoms with van der Waals surface area (Å²) in [5, 5.41) is 4.04. The van der Waals surface area contributed by atoms with Crippen molar-refractivity contribution in [3.05, 3.63) is 18.3 Å². The van der Waals surface area contributed by atoms with Gasteiger partial charge >= 0.3 is 0 Å². The number of nitrogens with two attached hydrogens (primary N) is 1. The Hall–Kier alpha value is -2.02. The van der Waals surface area contributed by atoms with Crippen LogP contribution in [0.2, 0.25) is 0 Å².